The van der Waals surface area contributed by atoms with Crippen LogP contribution in [0.1, 0.15) is 11.4 Å². The molecule has 0 saturated heterocycles. The van der Waals surface area contributed by atoms with E-state index in [0.29, 0.717) is 16.0 Å². The minimum atomic E-state index is -4.62. The molecule has 0 saturated carbocycles. The highest BCUT2D eigenvalue weighted by molar-refractivity contribution is 5.45. The Hall–Kier alpha value is -2.12. The van der Waals surface area contributed by atoms with Crippen molar-refractivity contribution in [1.82, 2.24) is 20.2 Å². The number of rotatable bonds is 2. The van der Waals surface area contributed by atoms with Crippen LogP contribution in [0.2, 0.25) is 0 Å². The molecule has 0 bridgehead atoms. The number of hydrogen-bond acceptors (Lipinski definition) is 4. The van der Waals surface area contributed by atoms with Crippen molar-refractivity contribution < 1.29 is 17.9 Å². The third kappa shape index (κ3) is 2.13. The van der Waals surface area contributed by atoms with Crippen LogP contribution >= 0.6 is 0 Å². The van der Waals surface area contributed by atoms with E-state index in [4.69, 9.17) is 4.74 Å². The zero-order valence-electron chi connectivity index (χ0n) is 9.27. The van der Waals surface area contributed by atoms with Gasteiger partial charge in [0.25, 0.3) is 5.82 Å². The molecular formula is C10H8F3N4O. The van der Waals surface area contributed by atoms with E-state index in [-0.39, 0.29) is 5.69 Å². The minimum Gasteiger partial charge on any atom is -0.496 e. The number of hydrogen-bond donors (Lipinski definition) is 0. The predicted molar refractivity (Wildman–Crippen MR) is 55.2 cm³/mol. The first-order chi connectivity index (χ1) is 8.43. The molecule has 1 radical (unpaired) electrons. The Morgan fingerprint density at radius 1 is 1.33 bits per heavy atom. The van der Waals surface area contributed by atoms with Crippen LogP contribution in [0.4, 0.5) is 13.2 Å². The summed E-state index contributed by atoms with van der Waals surface area (Å²) in [6.45, 7) is 3.67. The normalized spacial score (nSPS) is 11.6. The molecule has 95 valence electrons. The lowest BCUT2D eigenvalue weighted by atomic mass is 10.2. The second kappa shape index (κ2) is 4.28. The van der Waals surface area contributed by atoms with Gasteiger partial charge in [-0.25, -0.2) is 0 Å². The maximum absolute atomic E-state index is 12.6. The van der Waals surface area contributed by atoms with Crippen LogP contribution in [0.25, 0.3) is 5.69 Å². The van der Waals surface area contributed by atoms with Crippen molar-refractivity contribution in [3.63, 3.8) is 0 Å². The first-order valence-corrected chi connectivity index (χ1v) is 4.79. The van der Waals surface area contributed by atoms with Crippen LogP contribution in [0.3, 0.4) is 0 Å². The Balaban J connectivity index is 2.50. The van der Waals surface area contributed by atoms with Gasteiger partial charge in [0.15, 0.2) is 0 Å². The summed E-state index contributed by atoms with van der Waals surface area (Å²) >= 11 is 0. The Labute approximate surface area is 100 Å². The number of benzene rings is 1. The van der Waals surface area contributed by atoms with Gasteiger partial charge in [-0.15, -0.1) is 5.10 Å². The first kappa shape index (κ1) is 12.3. The third-order valence-corrected chi connectivity index (χ3v) is 2.23. The fraction of sp³-hybridized carbons (Fsp3) is 0.200. The molecule has 18 heavy (non-hydrogen) atoms. The number of nitrogens with zero attached hydrogens (tertiary/aromatic N) is 4. The Morgan fingerprint density at radius 2 is 2.06 bits per heavy atom. The fourth-order valence-electron chi connectivity index (χ4n) is 1.43. The molecule has 0 fully saturated rings. The molecule has 2 aromatic rings. The van der Waals surface area contributed by atoms with E-state index < -0.39 is 12.0 Å². The van der Waals surface area contributed by atoms with Crippen LogP contribution < -0.4 is 4.74 Å². The lowest BCUT2D eigenvalue weighted by Gasteiger charge is -2.09. The van der Waals surface area contributed by atoms with Crippen LogP contribution in [-0.2, 0) is 6.18 Å². The van der Waals surface area contributed by atoms with E-state index in [0.717, 1.165) is 0 Å². The van der Waals surface area contributed by atoms with Gasteiger partial charge in [-0.3, -0.25) is 0 Å². The second-order valence-corrected chi connectivity index (χ2v) is 3.41. The van der Waals surface area contributed by atoms with Gasteiger partial charge >= 0.3 is 6.18 Å². The van der Waals surface area contributed by atoms with Gasteiger partial charge in [-0.2, -0.15) is 17.9 Å². The zero-order chi connectivity index (χ0) is 13.3. The van der Waals surface area contributed by atoms with Crippen LogP contribution in [-0.4, -0.2) is 27.3 Å². The highest BCUT2D eigenvalue weighted by atomic mass is 19.4. The molecule has 1 heterocycles. The Morgan fingerprint density at radius 3 is 2.61 bits per heavy atom. The van der Waals surface area contributed by atoms with Gasteiger partial charge < -0.3 is 4.74 Å². The van der Waals surface area contributed by atoms with Gasteiger partial charge in [0, 0.05) is 0 Å². The van der Waals surface area contributed by atoms with E-state index in [2.05, 4.69) is 22.4 Å². The summed E-state index contributed by atoms with van der Waals surface area (Å²) in [4.78, 5) is 0. The average Bonchev–Trinajstić information content (AvgIpc) is 2.77. The molecule has 0 aliphatic rings. The Bertz CT molecular complexity index is 564. The highest BCUT2D eigenvalue weighted by Crippen LogP contribution is 2.29. The topological polar surface area (TPSA) is 52.8 Å². The monoisotopic (exact) mass is 257 g/mol. The highest BCUT2D eigenvalue weighted by Gasteiger charge is 2.38. The van der Waals surface area contributed by atoms with Crippen molar-refractivity contribution in [2.24, 2.45) is 0 Å². The standard InChI is InChI=1S/C10H8F3N4O/c1-6-5-7(3-4-8(6)18-2)17-9(10(11,12)13)14-15-16-17/h3-5H,1H2,2H3. The van der Waals surface area contributed by atoms with Crippen LogP contribution in [0.5, 0.6) is 5.75 Å². The molecule has 1 aromatic heterocycles. The first-order valence-electron chi connectivity index (χ1n) is 4.79. The summed E-state index contributed by atoms with van der Waals surface area (Å²) in [6.07, 6.45) is -4.62. The van der Waals surface area contributed by atoms with E-state index in [1.54, 1.807) is 0 Å². The van der Waals surface area contributed by atoms with Gasteiger partial charge in [0.2, 0.25) is 0 Å². The fourth-order valence-corrected chi connectivity index (χ4v) is 1.43. The summed E-state index contributed by atoms with van der Waals surface area (Å²) < 4.78 is 43.4. The summed E-state index contributed by atoms with van der Waals surface area (Å²) in [6, 6.07) is 4.32. The summed E-state index contributed by atoms with van der Waals surface area (Å²) in [5.41, 5.74) is 0.608. The van der Waals surface area contributed by atoms with Crippen molar-refractivity contribution in [1.29, 1.82) is 0 Å². The molecule has 0 spiro atoms. The van der Waals surface area contributed by atoms with Crippen LogP contribution in [0, 0.1) is 6.92 Å². The molecule has 0 aliphatic carbocycles. The molecule has 5 nitrogen and oxygen atoms in total. The SMILES string of the molecule is [CH2]c1cc(-n2nnnc2C(F)(F)F)ccc1OC. The molecule has 0 N–H and O–H groups in total. The molecular weight excluding hydrogens is 249 g/mol. The predicted octanol–water partition coefficient (Wildman–Crippen LogP) is 1.87. The quantitative estimate of drug-likeness (QED) is 0.824. The van der Waals surface area contributed by atoms with Crippen molar-refractivity contribution in [3.8, 4) is 11.4 Å². The molecule has 2 rings (SSSR count). The van der Waals surface area contributed by atoms with Gasteiger partial charge in [0.1, 0.15) is 5.75 Å². The molecule has 1 aromatic carbocycles. The number of halogens is 3. The number of tetrazole rings is 1. The largest absolute Gasteiger partial charge is 0.496 e. The molecule has 0 atom stereocenters. The summed E-state index contributed by atoms with van der Waals surface area (Å²) in [5.74, 6) is -0.715. The van der Waals surface area contributed by atoms with Gasteiger partial charge in [-0.05, 0) is 41.1 Å². The zero-order valence-corrected chi connectivity index (χ0v) is 9.27. The lowest BCUT2D eigenvalue weighted by molar-refractivity contribution is -0.146. The van der Waals surface area contributed by atoms with Crippen molar-refractivity contribution in [2.75, 3.05) is 7.11 Å². The number of aromatic nitrogens is 4. The van der Waals surface area contributed by atoms with Crippen molar-refractivity contribution in [3.05, 3.63) is 36.5 Å². The van der Waals surface area contributed by atoms with E-state index in [1.807, 2.05) is 0 Å². The second-order valence-electron chi connectivity index (χ2n) is 3.41. The van der Waals surface area contributed by atoms with Crippen molar-refractivity contribution in [2.45, 2.75) is 6.18 Å². The average molecular weight is 257 g/mol. The van der Waals surface area contributed by atoms with E-state index in [9.17, 15) is 13.2 Å². The smallest absolute Gasteiger partial charge is 0.453 e. The third-order valence-electron chi connectivity index (χ3n) is 2.23. The van der Waals surface area contributed by atoms with Crippen LogP contribution in [0.15, 0.2) is 18.2 Å². The maximum Gasteiger partial charge on any atom is 0.453 e. The minimum absolute atomic E-state index is 0.165. The van der Waals surface area contributed by atoms with Gasteiger partial charge in [-0.1, -0.05) is 0 Å². The van der Waals surface area contributed by atoms with E-state index in [1.165, 1.54) is 25.3 Å². The molecule has 0 aliphatic heterocycles. The number of alkyl halides is 3. The van der Waals surface area contributed by atoms with E-state index >= 15 is 0 Å². The number of ether oxygens (including phenoxy) is 1. The lowest BCUT2D eigenvalue weighted by Crippen LogP contribution is -2.14. The molecule has 0 amide bonds. The van der Waals surface area contributed by atoms with Crippen molar-refractivity contribution >= 4 is 0 Å². The summed E-state index contributed by atoms with van der Waals surface area (Å²) in [5, 5.41) is 9.31. The molecule has 8 heteroatoms. The maximum atomic E-state index is 12.6. The molecule has 0 unspecified atom stereocenters. The van der Waals surface area contributed by atoms with Gasteiger partial charge in [0.05, 0.1) is 12.8 Å². The summed E-state index contributed by atoms with van der Waals surface area (Å²) in [7, 11) is 1.45. The Kier molecular flexibility index (Phi) is 2.93. The number of methoxy groups -OCH3 is 1.